The van der Waals surface area contributed by atoms with E-state index in [-0.39, 0.29) is 24.3 Å². The van der Waals surface area contributed by atoms with Crippen LogP contribution in [0.4, 0.5) is 0 Å². The zero-order chi connectivity index (χ0) is 16.1. The van der Waals surface area contributed by atoms with E-state index in [0.29, 0.717) is 19.1 Å². The summed E-state index contributed by atoms with van der Waals surface area (Å²) in [4.78, 5) is 25.6. The predicted octanol–water partition coefficient (Wildman–Crippen LogP) is 1.32. The fourth-order valence-corrected chi connectivity index (χ4v) is 2.74. The summed E-state index contributed by atoms with van der Waals surface area (Å²) in [5.41, 5.74) is 2.47. The molecule has 0 heterocycles. The molecule has 2 atom stereocenters. The molecular weight excluding hydrogens is 280 g/mol. The van der Waals surface area contributed by atoms with Crippen LogP contribution in [0, 0.1) is 12.8 Å². The van der Waals surface area contributed by atoms with Crippen LogP contribution in [0.25, 0.3) is 0 Å². The summed E-state index contributed by atoms with van der Waals surface area (Å²) >= 11 is 0. The van der Waals surface area contributed by atoms with Crippen molar-refractivity contribution < 1.29 is 14.3 Å². The van der Waals surface area contributed by atoms with E-state index in [9.17, 15) is 9.59 Å². The van der Waals surface area contributed by atoms with Crippen molar-refractivity contribution in [3.05, 3.63) is 35.4 Å². The molecule has 1 N–H and O–H groups in total. The van der Waals surface area contributed by atoms with Crippen LogP contribution in [0.2, 0.25) is 0 Å². The van der Waals surface area contributed by atoms with Gasteiger partial charge in [-0.1, -0.05) is 24.3 Å². The van der Waals surface area contributed by atoms with Crippen LogP contribution < -0.4 is 5.32 Å². The second kappa shape index (κ2) is 7.40. The largest absolute Gasteiger partial charge is 0.383 e. The number of hydrogen-bond donors (Lipinski definition) is 1. The number of carbonyl (C=O) groups excluding carboxylic acids is 2. The van der Waals surface area contributed by atoms with Gasteiger partial charge in [-0.2, -0.15) is 0 Å². The molecule has 1 aliphatic rings. The maximum Gasteiger partial charge on any atom is 0.239 e. The van der Waals surface area contributed by atoms with Gasteiger partial charge in [0.15, 0.2) is 0 Å². The molecule has 1 aliphatic carbocycles. The van der Waals surface area contributed by atoms with Crippen molar-refractivity contribution in [1.82, 2.24) is 10.2 Å². The highest BCUT2D eigenvalue weighted by Gasteiger charge is 2.45. The molecule has 0 radical (unpaired) electrons. The lowest BCUT2D eigenvalue weighted by Gasteiger charge is -2.17. The van der Waals surface area contributed by atoms with E-state index in [1.54, 1.807) is 14.2 Å². The lowest BCUT2D eigenvalue weighted by atomic mass is 10.0. The molecule has 0 unspecified atom stereocenters. The molecule has 0 aliphatic heterocycles. The van der Waals surface area contributed by atoms with Crippen LogP contribution in [0.15, 0.2) is 24.3 Å². The first-order valence-electron chi connectivity index (χ1n) is 7.60. The normalized spacial score (nSPS) is 19.6. The van der Waals surface area contributed by atoms with Crippen molar-refractivity contribution in [3.63, 3.8) is 0 Å². The van der Waals surface area contributed by atoms with Crippen LogP contribution in [0.1, 0.15) is 23.5 Å². The number of rotatable bonds is 7. The maximum absolute atomic E-state index is 12.4. The Balaban J connectivity index is 1.83. The van der Waals surface area contributed by atoms with Crippen molar-refractivity contribution in [2.24, 2.45) is 5.92 Å². The Morgan fingerprint density at radius 2 is 2.09 bits per heavy atom. The summed E-state index contributed by atoms with van der Waals surface area (Å²) in [5, 5.41) is 2.72. The Labute approximate surface area is 131 Å². The summed E-state index contributed by atoms with van der Waals surface area (Å²) < 4.78 is 4.87. The monoisotopic (exact) mass is 304 g/mol. The van der Waals surface area contributed by atoms with E-state index in [1.807, 2.05) is 12.1 Å². The number of carbonyl (C=O) groups is 2. The number of aryl methyl sites for hydroxylation is 1. The van der Waals surface area contributed by atoms with E-state index in [2.05, 4.69) is 24.4 Å². The molecule has 5 nitrogen and oxygen atoms in total. The minimum absolute atomic E-state index is 0.0119. The average Bonchev–Trinajstić information content (AvgIpc) is 3.27. The first-order valence-corrected chi connectivity index (χ1v) is 7.60. The average molecular weight is 304 g/mol. The van der Waals surface area contributed by atoms with Crippen LogP contribution in [-0.4, -0.2) is 50.6 Å². The first kappa shape index (κ1) is 16.5. The minimum Gasteiger partial charge on any atom is -0.383 e. The van der Waals surface area contributed by atoms with Crippen molar-refractivity contribution in [2.75, 3.05) is 33.9 Å². The van der Waals surface area contributed by atoms with Gasteiger partial charge in [-0.3, -0.25) is 9.59 Å². The van der Waals surface area contributed by atoms with E-state index in [1.165, 1.54) is 16.0 Å². The van der Waals surface area contributed by atoms with Crippen LogP contribution in [0.3, 0.4) is 0 Å². The standard InChI is InChI=1S/C17H24N2O3/c1-12-6-4-5-7-13(12)14-10-15(14)17(21)19(2)11-16(20)18-8-9-22-3/h4-7,14-15H,8-11H2,1-3H3,(H,18,20)/t14-,15-/m0/s1. The van der Waals surface area contributed by atoms with Gasteiger partial charge in [0.25, 0.3) is 0 Å². The van der Waals surface area contributed by atoms with Gasteiger partial charge in [0.2, 0.25) is 11.8 Å². The Hall–Kier alpha value is -1.88. The van der Waals surface area contributed by atoms with Gasteiger partial charge < -0.3 is 15.0 Å². The molecule has 1 fully saturated rings. The highest BCUT2D eigenvalue weighted by atomic mass is 16.5. The van der Waals surface area contributed by atoms with Crippen molar-refractivity contribution in [3.8, 4) is 0 Å². The molecule has 5 heteroatoms. The summed E-state index contributed by atoms with van der Waals surface area (Å²) in [7, 11) is 3.27. The second-order valence-corrected chi connectivity index (χ2v) is 5.84. The van der Waals surface area contributed by atoms with Gasteiger partial charge in [0, 0.05) is 26.6 Å². The third-order valence-corrected chi connectivity index (χ3v) is 4.08. The van der Waals surface area contributed by atoms with Crippen LogP contribution >= 0.6 is 0 Å². The highest BCUT2D eigenvalue weighted by Crippen LogP contribution is 2.49. The topological polar surface area (TPSA) is 58.6 Å². The minimum atomic E-state index is -0.152. The lowest BCUT2D eigenvalue weighted by Crippen LogP contribution is -2.40. The van der Waals surface area contributed by atoms with Crippen molar-refractivity contribution in [1.29, 1.82) is 0 Å². The number of hydrogen-bond acceptors (Lipinski definition) is 3. The molecule has 1 aromatic rings. The molecule has 0 spiro atoms. The number of nitrogens with one attached hydrogen (secondary N) is 1. The van der Waals surface area contributed by atoms with Crippen LogP contribution in [0.5, 0.6) is 0 Å². The van der Waals surface area contributed by atoms with Crippen molar-refractivity contribution >= 4 is 11.8 Å². The molecule has 120 valence electrons. The third-order valence-electron chi connectivity index (χ3n) is 4.08. The lowest BCUT2D eigenvalue weighted by molar-refractivity contribution is -0.135. The number of benzene rings is 1. The summed E-state index contributed by atoms with van der Waals surface area (Å²) in [5.74, 6) is 0.210. The summed E-state index contributed by atoms with van der Waals surface area (Å²) in [6.07, 6.45) is 0.874. The van der Waals surface area contributed by atoms with E-state index in [4.69, 9.17) is 4.74 Å². The second-order valence-electron chi connectivity index (χ2n) is 5.84. The zero-order valence-corrected chi connectivity index (χ0v) is 13.5. The molecule has 0 aromatic heterocycles. The number of amides is 2. The van der Waals surface area contributed by atoms with E-state index in [0.717, 1.165) is 6.42 Å². The Morgan fingerprint density at radius 3 is 2.77 bits per heavy atom. The molecule has 2 amide bonds. The number of ether oxygens (including phenoxy) is 1. The number of nitrogens with zero attached hydrogens (tertiary/aromatic N) is 1. The zero-order valence-electron chi connectivity index (χ0n) is 13.5. The van der Waals surface area contributed by atoms with Gasteiger partial charge in [-0.15, -0.1) is 0 Å². The SMILES string of the molecule is COCCNC(=O)CN(C)C(=O)[C@H]1C[C@H]1c1ccccc1C. The van der Waals surface area contributed by atoms with Gasteiger partial charge in [-0.05, 0) is 30.4 Å². The summed E-state index contributed by atoms with van der Waals surface area (Å²) in [6, 6.07) is 8.18. The molecule has 22 heavy (non-hydrogen) atoms. The third kappa shape index (κ3) is 4.07. The molecule has 2 rings (SSSR count). The van der Waals surface area contributed by atoms with Gasteiger partial charge in [-0.25, -0.2) is 0 Å². The first-order chi connectivity index (χ1) is 10.5. The van der Waals surface area contributed by atoms with E-state index >= 15 is 0 Å². The molecular formula is C17H24N2O3. The fourth-order valence-electron chi connectivity index (χ4n) is 2.74. The van der Waals surface area contributed by atoms with E-state index < -0.39 is 0 Å². The van der Waals surface area contributed by atoms with Gasteiger partial charge in [0.05, 0.1) is 13.2 Å². The Morgan fingerprint density at radius 1 is 1.36 bits per heavy atom. The Bertz CT molecular complexity index is 544. The predicted molar refractivity (Wildman–Crippen MR) is 84.5 cm³/mol. The van der Waals surface area contributed by atoms with Crippen LogP contribution in [-0.2, 0) is 14.3 Å². The maximum atomic E-state index is 12.4. The highest BCUT2D eigenvalue weighted by molar-refractivity contribution is 5.87. The quantitative estimate of drug-likeness (QED) is 0.773. The van der Waals surface area contributed by atoms with Gasteiger partial charge in [0.1, 0.15) is 0 Å². The fraction of sp³-hybridized carbons (Fsp3) is 0.529. The summed E-state index contributed by atoms with van der Waals surface area (Å²) in [6.45, 7) is 3.11. The molecule has 0 bridgehead atoms. The molecule has 1 saturated carbocycles. The number of likely N-dealkylation sites (N-methyl/N-ethyl adjacent to an activating group) is 1. The van der Waals surface area contributed by atoms with Crippen molar-refractivity contribution in [2.45, 2.75) is 19.3 Å². The molecule has 0 saturated heterocycles. The smallest absolute Gasteiger partial charge is 0.239 e. The van der Waals surface area contributed by atoms with Gasteiger partial charge >= 0.3 is 0 Å². The Kier molecular flexibility index (Phi) is 5.55. The molecule has 1 aromatic carbocycles. The number of methoxy groups -OCH3 is 1.